The molecule has 6 heterocycles. The molecular weight excluding hydrogens is 801 g/mol. The number of urea groups is 1. The molecular formula is C42H54N12O8. The highest BCUT2D eigenvalue weighted by Crippen LogP contribution is 2.33. The van der Waals surface area contributed by atoms with Crippen molar-refractivity contribution in [3.05, 3.63) is 65.5 Å². The number of carbonyl (C=O) groups excluding carboxylic acids is 7. The van der Waals surface area contributed by atoms with Gasteiger partial charge in [0.05, 0.1) is 43.0 Å². The molecule has 20 heteroatoms. The highest BCUT2D eigenvalue weighted by atomic mass is 16.5. The summed E-state index contributed by atoms with van der Waals surface area (Å²) in [6.45, 7) is 5.92. The first-order chi connectivity index (χ1) is 30.0. The predicted molar refractivity (Wildman–Crippen MR) is 230 cm³/mol. The smallest absolute Gasteiger partial charge is 0.320 e. The maximum Gasteiger partial charge on any atom is 0.320 e. The van der Waals surface area contributed by atoms with Gasteiger partial charge < -0.3 is 45.6 Å². The summed E-state index contributed by atoms with van der Waals surface area (Å²) in [7, 11) is 1.81. The van der Waals surface area contributed by atoms with E-state index in [9.17, 15) is 33.6 Å². The number of hydrogen-bond donors (Lipinski definition) is 4. The topological polar surface area (TPSA) is 236 Å². The molecule has 0 radical (unpaired) electrons. The summed E-state index contributed by atoms with van der Waals surface area (Å²) in [4.78, 5) is 108. The summed E-state index contributed by atoms with van der Waals surface area (Å²) in [6.07, 6.45) is 3.69. The normalized spacial score (nSPS) is 20.5. The first kappa shape index (κ1) is 41.9. The average molecular weight is 855 g/mol. The van der Waals surface area contributed by atoms with Crippen molar-refractivity contribution >= 4 is 70.2 Å². The standard InChI is InChI=1S/C42H50N12O8.2H2/c1-49-16-21-53(42(49)61)28-4-3-15-52(25-28)32-24-45-36(37(43)57)38(47-32)46-26-7-9-27(10-8-26)50-17-19-51(20-18-50)34(56)13-22-62-23-14-44-30-6-2-5-29-35(30)41(60)54(40(29)59)31-11-12-33(55)48-39(31)58;;/h2,5-10,24,28,31,44H,3-4,11-23,25H2,1H3,(H2,43,57)(H,46,47)(H,48,55,58);2*1H/t28-,31?;;/m1../s1. The van der Waals surface area contributed by atoms with Gasteiger partial charge in [-0.1, -0.05) is 6.07 Å². The monoisotopic (exact) mass is 854 g/mol. The molecule has 5 aliphatic rings. The van der Waals surface area contributed by atoms with Crippen LogP contribution in [0, 0.1) is 0 Å². The number of aromatic nitrogens is 2. The maximum atomic E-state index is 13.3. The molecule has 330 valence electrons. The lowest BCUT2D eigenvalue weighted by Crippen LogP contribution is -2.54. The van der Waals surface area contributed by atoms with Gasteiger partial charge in [0.2, 0.25) is 17.7 Å². The molecule has 0 spiro atoms. The molecule has 8 rings (SSSR count). The molecule has 5 N–H and O–H groups in total. The minimum absolute atomic E-state index is 0. The minimum atomic E-state index is -1.05. The van der Waals surface area contributed by atoms with Gasteiger partial charge in [-0.05, 0) is 55.7 Å². The Morgan fingerprint density at radius 2 is 1.71 bits per heavy atom. The van der Waals surface area contributed by atoms with E-state index in [1.807, 2.05) is 41.1 Å². The van der Waals surface area contributed by atoms with Gasteiger partial charge in [0.25, 0.3) is 17.7 Å². The van der Waals surface area contributed by atoms with Crippen LogP contribution in [0.4, 0.5) is 33.5 Å². The molecule has 1 unspecified atom stereocenters. The van der Waals surface area contributed by atoms with Gasteiger partial charge in [-0.2, -0.15) is 0 Å². The van der Waals surface area contributed by atoms with Crippen molar-refractivity contribution in [2.24, 2.45) is 5.73 Å². The number of benzene rings is 2. The van der Waals surface area contributed by atoms with Crippen molar-refractivity contribution in [2.45, 2.75) is 44.2 Å². The van der Waals surface area contributed by atoms with Crippen molar-refractivity contribution in [3.63, 3.8) is 0 Å². The Labute approximate surface area is 360 Å². The third-order valence-electron chi connectivity index (χ3n) is 12.0. The lowest BCUT2D eigenvalue weighted by Gasteiger charge is -2.37. The highest BCUT2D eigenvalue weighted by Gasteiger charge is 2.45. The van der Waals surface area contributed by atoms with Crippen LogP contribution in [0.2, 0.25) is 0 Å². The summed E-state index contributed by atoms with van der Waals surface area (Å²) in [6, 6.07) is 11.6. The van der Waals surface area contributed by atoms with Crippen LogP contribution in [0.1, 0.15) is 66.2 Å². The van der Waals surface area contributed by atoms with Crippen LogP contribution in [0.3, 0.4) is 0 Å². The molecule has 3 aromatic rings. The van der Waals surface area contributed by atoms with Gasteiger partial charge in [-0.15, -0.1) is 0 Å². The molecule has 4 fully saturated rings. The van der Waals surface area contributed by atoms with Gasteiger partial charge in [0, 0.05) is 92.3 Å². The van der Waals surface area contributed by atoms with E-state index in [1.165, 1.54) is 6.07 Å². The number of ether oxygens (including phenoxy) is 1. The highest BCUT2D eigenvalue weighted by molar-refractivity contribution is 6.25. The van der Waals surface area contributed by atoms with E-state index < -0.39 is 35.6 Å². The van der Waals surface area contributed by atoms with Crippen LogP contribution in [0.25, 0.3) is 0 Å². The SMILES string of the molecule is CN1CCN([C@@H]2CCCN(c3cnc(C(N)=O)c(Nc4ccc(N5CCN(C(=O)CCOCCNc6cccc7c6C(=O)N(C6CCC(=O)NC6=O)C7=O)CC5)cc4)n3)C2)C1=O.[HH].[HH]. The second-order valence-electron chi connectivity index (χ2n) is 15.9. The number of imide groups is 2. The first-order valence-electron chi connectivity index (χ1n) is 21.0. The molecule has 1 aromatic heterocycles. The molecule has 2 aromatic carbocycles. The number of primary amides is 1. The van der Waals surface area contributed by atoms with Gasteiger partial charge in [-0.3, -0.25) is 39.0 Å². The number of nitrogens with two attached hydrogens (primary N) is 1. The van der Waals surface area contributed by atoms with Gasteiger partial charge in [0.15, 0.2) is 11.5 Å². The number of nitrogens with zero attached hydrogens (tertiary/aromatic N) is 8. The molecule has 62 heavy (non-hydrogen) atoms. The zero-order valence-corrected chi connectivity index (χ0v) is 34.5. The third-order valence-corrected chi connectivity index (χ3v) is 12.0. The Kier molecular flexibility index (Phi) is 12.2. The van der Waals surface area contributed by atoms with Crippen LogP contribution < -0.4 is 31.5 Å². The summed E-state index contributed by atoms with van der Waals surface area (Å²) < 4.78 is 5.73. The van der Waals surface area contributed by atoms with Crippen molar-refractivity contribution in [1.29, 1.82) is 0 Å². The Morgan fingerprint density at radius 1 is 0.919 bits per heavy atom. The quantitative estimate of drug-likeness (QED) is 0.134. The number of anilines is 5. The predicted octanol–water partition coefficient (Wildman–Crippen LogP) is 1.72. The lowest BCUT2D eigenvalue weighted by atomic mass is 10.0. The fourth-order valence-electron chi connectivity index (χ4n) is 8.67. The first-order valence-corrected chi connectivity index (χ1v) is 21.0. The number of nitrogens with one attached hydrogen (secondary N) is 3. The van der Waals surface area contributed by atoms with E-state index in [2.05, 4.69) is 30.7 Å². The maximum absolute atomic E-state index is 13.3. The number of likely N-dealkylation sites (N-methyl/N-ethyl adjacent to an activating group) is 1. The molecule has 2 atom stereocenters. The minimum Gasteiger partial charge on any atom is -0.382 e. The number of piperidine rings is 2. The largest absolute Gasteiger partial charge is 0.382 e. The van der Waals surface area contributed by atoms with Crippen molar-refractivity contribution in [3.8, 4) is 0 Å². The number of fused-ring (bicyclic) bond motifs is 1. The Balaban J connectivity index is 0.00000340. The van der Waals surface area contributed by atoms with Crippen LogP contribution in [0.5, 0.6) is 0 Å². The zero-order valence-electron chi connectivity index (χ0n) is 34.5. The number of piperazine rings is 1. The second-order valence-corrected chi connectivity index (χ2v) is 15.9. The Bertz CT molecular complexity index is 2280. The van der Waals surface area contributed by atoms with E-state index in [4.69, 9.17) is 15.5 Å². The fourth-order valence-corrected chi connectivity index (χ4v) is 8.67. The van der Waals surface area contributed by atoms with Gasteiger partial charge in [-0.25, -0.2) is 14.8 Å². The van der Waals surface area contributed by atoms with E-state index in [-0.39, 0.29) is 75.9 Å². The number of amides is 8. The Hall–Kier alpha value is -6.83. The van der Waals surface area contributed by atoms with Gasteiger partial charge in [0.1, 0.15) is 11.9 Å². The Morgan fingerprint density at radius 3 is 2.44 bits per heavy atom. The molecule has 20 nitrogen and oxygen atoms in total. The third kappa shape index (κ3) is 8.67. The number of carbonyl (C=O) groups is 7. The van der Waals surface area contributed by atoms with Crippen LogP contribution in [-0.2, 0) is 19.1 Å². The summed E-state index contributed by atoms with van der Waals surface area (Å²) >= 11 is 0. The van der Waals surface area contributed by atoms with E-state index in [0.717, 1.165) is 30.0 Å². The molecule has 0 bridgehead atoms. The molecule has 0 saturated carbocycles. The number of hydrogen-bond acceptors (Lipinski definition) is 14. The fraction of sp³-hybridized carbons (Fsp3) is 0.452. The number of rotatable bonds is 14. The molecule has 8 amide bonds. The molecule has 0 aliphatic carbocycles. The second kappa shape index (κ2) is 18.0. The zero-order chi connectivity index (χ0) is 43.5. The average Bonchev–Trinajstić information content (AvgIpc) is 3.75. The summed E-state index contributed by atoms with van der Waals surface area (Å²) in [5.74, 6) is -2.13. The van der Waals surface area contributed by atoms with E-state index in [1.54, 1.807) is 23.2 Å². The van der Waals surface area contributed by atoms with Crippen molar-refractivity contribution in [1.82, 2.24) is 34.9 Å². The lowest BCUT2D eigenvalue weighted by molar-refractivity contribution is -0.136. The van der Waals surface area contributed by atoms with E-state index >= 15 is 0 Å². The summed E-state index contributed by atoms with van der Waals surface area (Å²) in [5.41, 5.74) is 8.18. The molecule has 4 saturated heterocycles. The van der Waals surface area contributed by atoms with Crippen molar-refractivity contribution in [2.75, 3.05) is 99.6 Å². The van der Waals surface area contributed by atoms with Crippen LogP contribution in [-0.4, -0.2) is 162 Å². The van der Waals surface area contributed by atoms with Crippen LogP contribution in [0.15, 0.2) is 48.7 Å². The van der Waals surface area contributed by atoms with E-state index in [0.29, 0.717) is 69.6 Å². The van der Waals surface area contributed by atoms with Crippen molar-refractivity contribution < 1.29 is 41.2 Å². The van der Waals surface area contributed by atoms with Gasteiger partial charge >= 0.3 is 6.03 Å². The summed E-state index contributed by atoms with van der Waals surface area (Å²) in [5, 5.41) is 8.56. The molecule has 5 aliphatic heterocycles. The van der Waals surface area contributed by atoms with Crippen LogP contribution >= 0.6 is 0 Å².